The zero-order chi connectivity index (χ0) is 53.2. The van der Waals surface area contributed by atoms with E-state index in [1.54, 1.807) is 47.0 Å². The van der Waals surface area contributed by atoms with Crippen molar-refractivity contribution >= 4 is 95.2 Å². The van der Waals surface area contributed by atoms with Crippen molar-refractivity contribution in [2.75, 3.05) is 185 Å². The summed E-state index contributed by atoms with van der Waals surface area (Å²) in [5.74, 6) is 3.56. The van der Waals surface area contributed by atoms with Crippen LogP contribution in [0.4, 0.5) is 36.2 Å². The quantitative estimate of drug-likeness (QED) is 0.0142. The molecule has 22 nitrogen and oxygen atoms in total. The third-order valence-corrected chi connectivity index (χ3v) is 16.0. The van der Waals surface area contributed by atoms with Gasteiger partial charge >= 0.3 is 0 Å². The maximum Gasteiger partial charge on any atom is 0.146 e. The van der Waals surface area contributed by atoms with Crippen LogP contribution in [0, 0.1) is 0 Å². The van der Waals surface area contributed by atoms with Gasteiger partial charge in [0.2, 0.25) is 0 Å². The van der Waals surface area contributed by atoms with Gasteiger partial charge in [0.25, 0.3) is 0 Å². The van der Waals surface area contributed by atoms with E-state index in [9.17, 15) is 36.2 Å². The lowest BCUT2D eigenvalue weighted by Gasteiger charge is -2.24. The molecule has 6 unspecified atom stereocenters. The largest absolute Gasteiger partial charge is 0.378 e. The van der Waals surface area contributed by atoms with Crippen molar-refractivity contribution in [3.05, 3.63) is 0 Å². The Morgan fingerprint density at radius 2 is 0.658 bits per heavy atom. The first-order valence-corrected chi connectivity index (χ1v) is 29.4. The fraction of sp³-hybridized carbons (Fsp3) is 1.00. The van der Waals surface area contributed by atoms with E-state index in [1.807, 2.05) is 0 Å². The second-order valence-electron chi connectivity index (χ2n) is 13.2. The number of hydrogen-bond donors (Lipinski definition) is 0. The summed E-state index contributed by atoms with van der Waals surface area (Å²) in [4.78, 5) is 14.2. The molecule has 0 N–H and O–H groups in total. The van der Waals surface area contributed by atoms with Crippen LogP contribution in [0.3, 0.4) is 0 Å². The van der Waals surface area contributed by atoms with E-state index in [0.29, 0.717) is 109 Å². The SMILES string of the molecule is FOCCOCCSCC(COCC(COCOCC(COCC(CSOOF)SOOF)OCC(CSOOF)SOOF)OCC(CSCCOCCOF)SCCOCCOF)SCCOCCOF. The molecule has 0 aromatic carbocycles. The van der Waals surface area contributed by atoms with E-state index in [2.05, 4.69) is 57.5 Å². The summed E-state index contributed by atoms with van der Waals surface area (Å²) in [6, 6.07) is 0. The highest BCUT2D eigenvalue weighted by Crippen LogP contribution is 2.23. The Labute approximate surface area is 452 Å². The van der Waals surface area contributed by atoms with Gasteiger partial charge in [0.1, 0.15) is 45.4 Å². The molecular weight excluding hydrogens is 1180 g/mol. The lowest BCUT2D eigenvalue weighted by atomic mass is 10.4. The Morgan fingerprint density at radius 1 is 0.301 bits per heavy atom. The second-order valence-corrected chi connectivity index (χ2v) is 21.7. The summed E-state index contributed by atoms with van der Waals surface area (Å²) in [6.07, 6.45) is -1.50. The van der Waals surface area contributed by atoms with E-state index in [4.69, 9.17) is 47.4 Å². The van der Waals surface area contributed by atoms with Crippen molar-refractivity contribution in [2.24, 2.45) is 0 Å². The standard InChI is InChI=1S/C35H64F8O22S8/c36-54-5-1-44-9-13-66-25-32(68-15-11-46-3-7-56-38)21-48-17-30(52-23-33(69-16-12-47-4-8-57-39)26-67-14-10-45-2-6-55-37)19-50-29-51-20-31(53-24-35(73-65-61-43)28-71-63-59-41)18-49-22-34(72-64-60-42)27-70-62-58-40/h30-35H,1-29H2. The van der Waals surface area contributed by atoms with Crippen molar-refractivity contribution in [1.29, 1.82) is 0 Å². The minimum absolute atomic E-state index is 0.0203. The molecule has 440 valence electrons. The Morgan fingerprint density at radius 3 is 1.07 bits per heavy atom. The molecule has 0 radical (unpaired) electrons. The summed E-state index contributed by atoms with van der Waals surface area (Å²) in [5.41, 5.74) is 0. The van der Waals surface area contributed by atoms with Crippen LogP contribution in [0.5, 0.6) is 0 Å². The first-order valence-electron chi connectivity index (χ1n) is 21.5. The molecule has 38 heteroatoms. The van der Waals surface area contributed by atoms with Crippen LogP contribution in [0.25, 0.3) is 0 Å². The monoisotopic (exact) mass is 1240 g/mol. The molecule has 0 bridgehead atoms. The predicted octanol–water partition coefficient (Wildman–Crippen LogP) is 7.78. The molecule has 0 rings (SSSR count). The Bertz CT molecular complexity index is 1090. The fourth-order valence-electron chi connectivity index (χ4n) is 4.72. The van der Waals surface area contributed by atoms with Gasteiger partial charge in [0, 0.05) is 105 Å². The van der Waals surface area contributed by atoms with E-state index in [-0.39, 0.29) is 135 Å². The summed E-state index contributed by atoms with van der Waals surface area (Å²) in [6.45, 7) is 0.635. The highest BCUT2D eigenvalue weighted by Gasteiger charge is 2.22. The summed E-state index contributed by atoms with van der Waals surface area (Å²) in [5, 5.41) is 10.9. The predicted molar refractivity (Wildman–Crippen MR) is 257 cm³/mol. The highest BCUT2D eigenvalue weighted by molar-refractivity contribution is 8.03. The van der Waals surface area contributed by atoms with E-state index in [1.165, 1.54) is 0 Å². The fourth-order valence-corrected chi connectivity index (χ4v) is 11.1. The van der Waals surface area contributed by atoms with Crippen LogP contribution in [-0.2, 0) is 105 Å². The van der Waals surface area contributed by atoms with Gasteiger partial charge in [0.05, 0.1) is 116 Å². The summed E-state index contributed by atoms with van der Waals surface area (Å²) >= 11 is 8.39. The van der Waals surface area contributed by atoms with Crippen molar-refractivity contribution in [1.82, 2.24) is 0 Å². The third-order valence-electron chi connectivity index (χ3n) is 7.82. The smallest absolute Gasteiger partial charge is 0.146 e. The van der Waals surface area contributed by atoms with Gasteiger partial charge in [-0.05, 0) is 56.6 Å². The van der Waals surface area contributed by atoms with Gasteiger partial charge < -0.3 is 47.4 Å². The molecular formula is C35H64F8O22S8. The Kier molecular flexibility index (Phi) is 63.7. The van der Waals surface area contributed by atoms with Gasteiger partial charge in [-0.15, -0.1) is 17.3 Å². The molecule has 0 fully saturated rings. The van der Waals surface area contributed by atoms with E-state index in [0.717, 1.165) is 0 Å². The third kappa shape index (κ3) is 53.8. The summed E-state index contributed by atoms with van der Waals surface area (Å²) in [7, 11) is 0. The number of rotatable bonds is 64. The molecule has 0 aliphatic carbocycles. The van der Waals surface area contributed by atoms with Crippen LogP contribution < -0.4 is 0 Å². The van der Waals surface area contributed by atoms with Gasteiger partial charge in [-0.1, -0.05) is 0 Å². The Balaban J connectivity index is 5.95. The van der Waals surface area contributed by atoms with Crippen LogP contribution in [-0.4, -0.2) is 218 Å². The normalized spacial score (nSPS) is 14.5. The van der Waals surface area contributed by atoms with Gasteiger partial charge in [-0.2, -0.15) is 66.8 Å². The lowest BCUT2D eigenvalue weighted by Crippen LogP contribution is -2.33. The van der Waals surface area contributed by atoms with Crippen LogP contribution in [0.15, 0.2) is 0 Å². The van der Waals surface area contributed by atoms with Gasteiger partial charge in [0.15, 0.2) is 0 Å². The topological polar surface area (TPSA) is 203 Å². The van der Waals surface area contributed by atoms with Gasteiger partial charge in [-0.25, -0.2) is 0 Å². The molecule has 0 aliphatic rings. The molecule has 0 aromatic heterocycles. The molecule has 73 heavy (non-hydrogen) atoms. The van der Waals surface area contributed by atoms with Crippen molar-refractivity contribution < 1.29 is 141 Å². The number of thioether (sulfide) groups is 4. The summed E-state index contributed by atoms with van der Waals surface area (Å²) < 4.78 is 171. The zero-order valence-electron chi connectivity index (χ0n) is 39.2. The maximum atomic E-state index is 12.3. The molecule has 0 aromatic rings. The average molecular weight is 1250 g/mol. The Hall–Kier alpha value is 1.36. The van der Waals surface area contributed by atoms with Crippen LogP contribution in [0.2, 0.25) is 0 Å². The van der Waals surface area contributed by atoms with E-state index >= 15 is 0 Å². The van der Waals surface area contributed by atoms with Crippen molar-refractivity contribution in [3.8, 4) is 0 Å². The molecule has 6 atom stereocenters. The number of ether oxygens (including phenoxy) is 10. The molecule has 0 spiro atoms. The minimum Gasteiger partial charge on any atom is -0.378 e. The number of hydrogen-bond acceptors (Lipinski definition) is 30. The minimum atomic E-state index is -0.865. The molecule has 0 aliphatic heterocycles. The molecule has 0 amide bonds. The van der Waals surface area contributed by atoms with Crippen LogP contribution >= 0.6 is 95.2 Å². The first kappa shape index (κ1) is 74.4. The molecule has 0 heterocycles. The van der Waals surface area contributed by atoms with Gasteiger partial charge in [-0.3, -0.25) is 0 Å². The average Bonchev–Trinajstić information content (AvgIpc) is 3.40. The van der Waals surface area contributed by atoms with Crippen LogP contribution in [0.1, 0.15) is 0 Å². The molecule has 0 saturated carbocycles. The second kappa shape index (κ2) is 62.6. The number of halogens is 8. The van der Waals surface area contributed by atoms with E-state index < -0.39 is 22.7 Å². The highest BCUT2D eigenvalue weighted by atomic mass is 32.2. The zero-order valence-corrected chi connectivity index (χ0v) is 45.8. The lowest BCUT2D eigenvalue weighted by molar-refractivity contribution is -0.359. The molecule has 0 saturated heterocycles. The van der Waals surface area contributed by atoms with Crippen molar-refractivity contribution in [3.63, 3.8) is 0 Å². The first-order chi connectivity index (χ1) is 36.0. The van der Waals surface area contributed by atoms with Crippen molar-refractivity contribution in [2.45, 2.75) is 33.2 Å². The maximum absolute atomic E-state index is 12.3.